The largest absolute Gasteiger partial charge is 0.490 e. The van der Waals surface area contributed by atoms with Crippen molar-refractivity contribution >= 4 is 11.9 Å². The number of aromatic nitrogens is 3. The van der Waals surface area contributed by atoms with Crippen LogP contribution in [0, 0.1) is 0 Å². The molecule has 1 N–H and O–H groups in total. The van der Waals surface area contributed by atoms with E-state index < -0.39 is 12.1 Å². The number of likely N-dealkylation sites (tertiary alicyclic amines) is 1. The summed E-state index contributed by atoms with van der Waals surface area (Å²) in [5.41, 5.74) is 1.95. The third kappa shape index (κ3) is 6.52. The Morgan fingerprint density at radius 2 is 1.97 bits per heavy atom. The molecule has 1 atom stereocenters. The molecule has 1 fully saturated rings. The van der Waals surface area contributed by atoms with Crippen LogP contribution in [0.3, 0.4) is 0 Å². The van der Waals surface area contributed by atoms with E-state index in [1.54, 1.807) is 9.58 Å². The lowest BCUT2D eigenvalue weighted by Gasteiger charge is -2.31. The first kappa shape index (κ1) is 23.8. The lowest BCUT2D eigenvalue weighted by Crippen LogP contribution is -2.39. The molecule has 0 saturated carbocycles. The molecule has 12 heteroatoms. The molecule has 0 bridgehead atoms. The first-order valence-corrected chi connectivity index (χ1v) is 9.53. The van der Waals surface area contributed by atoms with Crippen LogP contribution >= 0.6 is 0 Å². The number of carbonyl (C=O) groups is 2. The molecule has 1 amide bonds. The Morgan fingerprint density at radius 3 is 2.53 bits per heavy atom. The van der Waals surface area contributed by atoms with E-state index in [0.717, 1.165) is 24.5 Å². The summed E-state index contributed by atoms with van der Waals surface area (Å²) in [7, 11) is 1.90. The van der Waals surface area contributed by atoms with Crippen molar-refractivity contribution in [3.8, 4) is 0 Å². The zero-order valence-electron chi connectivity index (χ0n) is 16.8. The van der Waals surface area contributed by atoms with Gasteiger partial charge in [-0.15, -0.1) is 5.10 Å². The summed E-state index contributed by atoms with van der Waals surface area (Å²) in [6, 6.07) is 0. The van der Waals surface area contributed by atoms with E-state index in [1.807, 2.05) is 7.05 Å². The Hall–Kier alpha value is -2.47. The molecular weight excluding hydrogens is 407 g/mol. The molecule has 0 aliphatic carbocycles. The van der Waals surface area contributed by atoms with Crippen molar-refractivity contribution < 1.29 is 32.6 Å². The minimum atomic E-state index is -5.08. The van der Waals surface area contributed by atoms with Crippen molar-refractivity contribution in [1.29, 1.82) is 0 Å². The second-order valence-corrected chi connectivity index (χ2v) is 7.09. The number of alkyl halides is 3. The van der Waals surface area contributed by atoms with Gasteiger partial charge >= 0.3 is 12.1 Å². The summed E-state index contributed by atoms with van der Waals surface area (Å²) in [5.74, 6) is -2.71. The predicted octanol–water partition coefficient (Wildman–Crippen LogP) is 1.17. The maximum Gasteiger partial charge on any atom is 0.490 e. The molecule has 2 aliphatic rings. The van der Waals surface area contributed by atoms with Crippen molar-refractivity contribution in [2.24, 2.45) is 7.05 Å². The molecule has 1 aromatic heterocycles. The average Bonchev–Trinajstić information content (AvgIpc) is 3.34. The average molecular weight is 433 g/mol. The number of halogens is 3. The lowest BCUT2D eigenvalue weighted by molar-refractivity contribution is -0.192. The third-order valence-corrected chi connectivity index (χ3v) is 4.91. The highest BCUT2D eigenvalue weighted by Crippen LogP contribution is 2.27. The third-order valence-electron chi connectivity index (χ3n) is 4.91. The van der Waals surface area contributed by atoms with Gasteiger partial charge in [0.25, 0.3) is 0 Å². The summed E-state index contributed by atoms with van der Waals surface area (Å²) < 4.78 is 39.4. The SMILES string of the molecule is C=CC(=O)N1Cc2nnn(C)c2C(COCCN2CCCC2)C1.O=C(O)C(F)(F)F. The van der Waals surface area contributed by atoms with Gasteiger partial charge in [-0.2, -0.15) is 13.2 Å². The Kier molecular flexibility index (Phi) is 8.35. The molecule has 2 aliphatic heterocycles. The van der Waals surface area contributed by atoms with Crippen molar-refractivity contribution in [3.05, 3.63) is 24.0 Å². The van der Waals surface area contributed by atoms with Crippen LogP contribution in [-0.2, 0) is 27.9 Å². The minimum absolute atomic E-state index is 0.0663. The second kappa shape index (κ2) is 10.5. The molecule has 168 valence electrons. The fraction of sp³-hybridized carbons (Fsp3) is 0.667. The summed E-state index contributed by atoms with van der Waals surface area (Å²) in [4.78, 5) is 25.0. The van der Waals surface area contributed by atoms with Crippen LogP contribution in [0.25, 0.3) is 0 Å². The van der Waals surface area contributed by atoms with Gasteiger partial charge in [0.05, 0.1) is 25.5 Å². The van der Waals surface area contributed by atoms with Gasteiger partial charge in [0, 0.05) is 26.1 Å². The van der Waals surface area contributed by atoms with Gasteiger partial charge < -0.3 is 19.6 Å². The van der Waals surface area contributed by atoms with E-state index >= 15 is 0 Å². The van der Waals surface area contributed by atoms with E-state index in [9.17, 15) is 18.0 Å². The van der Waals surface area contributed by atoms with E-state index in [2.05, 4.69) is 21.8 Å². The van der Waals surface area contributed by atoms with Crippen molar-refractivity contribution in [2.75, 3.05) is 39.4 Å². The summed E-state index contributed by atoms with van der Waals surface area (Å²) in [5, 5.41) is 15.4. The molecule has 1 aromatic rings. The van der Waals surface area contributed by atoms with Crippen LogP contribution < -0.4 is 0 Å². The van der Waals surface area contributed by atoms with Gasteiger partial charge in [-0.05, 0) is 32.0 Å². The Labute approximate surface area is 172 Å². The topological polar surface area (TPSA) is 101 Å². The van der Waals surface area contributed by atoms with Gasteiger partial charge in [-0.25, -0.2) is 4.79 Å². The van der Waals surface area contributed by atoms with E-state index in [4.69, 9.17) is 14.6 Å². The van der Waals surface area contributed by atoms with Crippen molar-refractivity contribution in [1.82, 2.24) is 24.8 Å². The highest BCUT2D eigenvalue weighted by atomic mass is 19.4. The molecule has 3 rings (SSSR count). The Bertz CT molecular complexity index is 747. The number of nitrogens with zero attached hydrogens (tertiary/aromatic N) is 5. The summed E-state index contributed by atoms with van der Waals surface area (Å²) in [6.07, 6.45) is -1.14. The number of hydrogen-bond acceptors (Lipinski definition) is 6. The van der Waals surface area contributed by atoms with E-state index in [1.165, 1.54) is 32.0 Å². The first-order chi connectivity index (χ1) is 14.1. The molecule has 0 spiro atoms. The smallest absolute Gasteiger partial charge is 0.475 e. The molecule has 1 saturated heterocycles. The molecular formula is C18H26F3N5O4. The first-order valence-electron chi connectivity index (χ1n) is 9.53. The van der Waals surface area contributed by atoms with Gasteiger partial charge in [0.2, 0.25) is 5.91 Å². The van der Waals surface area contributed by atoms with Gasteiger partial charge in [0.1, 0.15) is 5.69 Å². The van der Waals surface area contributed by atoms with Crippen LogP contribution in [0.1, 0.15) is 30.1 Å². The number of fused-ring (bicyclic) bond motifs is 1. The maximum atomic E-state index is 11.9. The molecule has 1 unspecified atom stereocenters. The van der Waals surface area contributed by atoms with Crippen LogP contribution in [0.15, 0.2) is 12.7 Å². The quantitative estimate of drug-likeness (QED) is 0.531. The molecule has 0 aromatic carbocycles. The molecule has 9 nitrogen and oxygen atoms in total. The lowest BCUT2D eigenvalue weighted by atomic mass is 9.99. The fourth-order valence-corrected chi connectivity index (χ4v) is 3.47. The standard InChI is InChI=1S/C16H25N5O2.C2HF3O2/c1-3-15(22)21-10-13(16-14(11-21)17-18-19(16)2)12-23-9-8-20-6-4-5-7-20;3-2(4,5)1(6)7/h3,13H,1,4-12H2,2H3;(H,6,7). The van der Waals surface area contributed by atoms with Gasteiger partial charge in [0.15, 0.2) is 0 Å². The fourth-order valence-electron chi connectivity index (χ4n) is 3.47. The second-order valence-electron chi connectivity index (χ2n) is 7.09. The van der Waals surface area contributed by atoms with E-state index in [-0.39, 0.29) is 11.8 Å². The number of carbonyl (C=O) groups excluding carboxylic acids is 1. The van der Waals surface area contributed by atoms with Crippen LogP contribution in [-0.4, -0.2) is 87.3 Å². The molecule has 30 heavy (non-hydrogen) atoms. The van der Waals surface area contributed by atoms with Gasteiger partial charge in [-0.1, -0.05) is 11.8 Å². The number of ether oxygens (including phenoxy) is 1. The minimum Gasteiger partial charge on any atom is -0.475 e. The molecule has 3 heterocycles. The monoisotopic (exact) mass is 433 g/mol. The number of aryl methyl sites for hydroxylation is 1. The van der Waals surface area contributed by atoms with Gasteiger partial charge in [-0.3, -0.25) is 9.48 Å². The zero-order valence-corrected chi connectivity index (χ0v) is 16.8. The Balaban J connectivity index is 0.000000396. The van der Waals surface area contributed by atoms with Crippen LogP contribution in [0.5, 0.6) is 0 Å². The van der Waals surface area contributed by atoms with Crippen LogP contribution in [0.2, 0.25) is 0 Å². The van der Waals surface area contributed by atoms with E-state index in [0.29, 0.717) is 19.7 Å². The number of aliphatic carboxylic acids is 1. The van der Waals surface area contributed by atoms with Crippen molar-refractivity contribution in [2.45, 2.75) is 31.5 Å². The number of carboxylic acids is 1. The highest BCUT2D eigenvalue weighted by Gasteiger charge is 2.38. The predicted molar refractivity (Wildman–Crippen MR) is 99.5 cm³/mol. The maximum absolute atomic E-state index is 11.9. The summed E-state index contributed by atoms with van der Waals surface area (Å²) >= 11 is 0. The van der Waals surface area contributed by atoms with Crippen LogP contribution in [0.4, 0.5) is 13.2 Å². The normalized spacial score (nSPS) is 19.1. The summed E-state index contributed by atoms with van der Waals surface area (Å²) in [6.45, 7) is 9.37. The highest BCUT2D eigenvalue weighted by molar-refractivity contribution is 5.87. The van der Waals surface area contributed by atoms with Crippen molar-refractivity contribution in [3.63, 3.8) is 0 Å². The number of hydrogen-bond donors (Lipinski definition) is 1. The number of rotatable bonds is 6. The number of amides is 1. The molecule has 0 radical (unpaired) electrons. The zero-order chi connectivity index (χ0) is 22.3. The number of carboxylic acid groups (broad SMARTS) is 1. The Morgan fingerprint density at radius 1 is 1.33 bits per heavy atom.